The predicted octanol–water partition coefficient (Wildman–Crippen LogP) is 5.14. The fourth-order valence-electron chi connectivity index (χ4n) is 2.27. The van der Waals surface area contributed by atoms with Gasteiger partial charge in [-0.3, -0.25) is 0 Å². The van der Waals surface area contributed by atoms with Gasteiger partial charge in [0.25, 0.3) is 0 Å². The van der Waals surface area contributed by atoms with Gasteiger partial charge in [-0.15, -0.1) is 0 Å². The van der Waals surface area contributed by atoms with E-state index in [0.29, 0.717) is 0 Å². The minimum absolute atomic E-state index is 0.0724. The van der Waals surface area contributed by atoms with E-state index in [0.717, 1.165) is 23.0 Å². The first-order valence-corrected chi connectivity index (χ1v) is 7.58. The number of hydrogen-bond acceptors (Lipinski definition) is 2. The zero-order valence-corrected chi connectivity index (χ0v) is 13.8. The Kier molecular flexibility index (Phi) is 5.13. The number of nitrogens with one attached hydrogen (secondary N) is 1. The second-order valence-corrected chi connectivity index (χ2v) is 5.93. The number of halogens is 1. The second kappa shape index (κ2) is 6.86. The van der Waals surface area contributed by atoms with E-state index in [1.165, 1.54) is 16.7 Å². The van der Waals surface area contributed by atoms with Gasteiger partial charge < -0.3 is 10.1 Å². The molecule has 0 fully saturated rings. The van der Waals surface area contributed by atoms with Gasteiger partial charge in [0.05, 0.1) is 6.54 Å². The average molecular weight is 304 g/mol. The summed E-state index contributed by atoms with van der Waals surface area (Å²) >= 11 is 6.03. The molecule has 0 bridgehead atoms. The maximum atomic E-state index is 6.07. The molecular formula is C18H22ClNO. The number of benzene rings is 2. The summed E-state index contributed by atoms with van der Waals surface area (Å²) < 4.78 is 6.07. The van der Waals surface area contributed by atoms with Gasteiger partial charge in [-0.05, 0) is 56.5 Å². The van der Waals surface area contributed by atoms with Crippen molar-refractivity contribution in [2.24, 2.45) is 0 Å². The van der Waals surface area contributed by atoms with Crippen molar-refractivity contribution in [3.63, 3.8) is 0 Å². The zero-order chi connectivity index (χ0) is 15.4. The molecule has 2 aromatic rings. The summed E-state index contributed by atoms with van der Waals surface area (Å²) in [4.78, 5) is 0. The van der Waals surface area contributed by atoms with Crippen LogP contribution in [0.1, 0.15) is 23.6 Å². The third kappa shape index (κ3) is 4.15. The van der Waals surface area contributed by atoms with Crippen LogP contribution in [-0.4, -0.2) is 12.6 Å². The molecule has 112 valence electrons. The van der Waals surface area contributed by atoms with Crippen LogP contribution in [0.3, 0.4) is 0 Å². The van der Waals surface area contributed by atoms with Gasteiger partial charge in [0, 0.05) is 10.7 Å². The molecule has 0 saturated carbocycles. The SMILES string of the molecule is Cc1ccc(Cl)cc1NCC(C)Oc1c(C)cccc1C. The molecule has 0 radical (unpaired) electrons. The Morgan fingerprint density at radius 1 is 1.05 bits per heavy atom. The summed E-state index contributed by atoms with van der Waals surface area (Å²) in [5.41, 5.74) is 4.57. The zero-order valence-electron chi connectivity index (χ0n) is 13.0. The molecule has 2 nitrogen and oxygen atoms in total. The van der Waals surface area contributed by atoms with Crippen molar-refractivity contribution in [2.75, 3.05) is 11.9 Å². The first-order chi connectivity index (χ1) is 9.97. The lowest BCUT2D eigenvalue weighted by Gasteiger charge is -2.20. The largest absolute Gasteiger partial charge is 0.488 e. The van der Waals surface area contributed by atoms with Crippen LogP contribution >= 0.6 is 11.6 Å². The summed E-state index contributed by atoms with van der Waals surface area (Å²) in [5, 5.41) is 4.15. The Hall–Kier alpha value is -1.67. The molecule has 2 aromatic carbocycles. The average Bonchev–Trinajstić information content (AvgIpc) is 2.44. The fourth-order valence-corrected chi connectivity index (χ4v) is 2.44. The van der Waals surface area contributed by atoms with Crippen LogP contribution in [0.5, 0.6) is 5.75 Å². The molecule has 0 spiro atoms. The second-order valence-electron chi connectivity index (χ2n) is 5.49. The highest BCUT2D eigenvalue weighted by atomic mass is 35.5. The molecule has 3 heteroatoms. The molecule has 1 unspecified atom stereocenters. The van der Waals surface area contributed by atoms with Gasteiger partial charge >= 0.3 is 0 Å². The molecule has 0 aliphatic heterocycles. The van der Waals surface area contributed by atoms with Gasteiger partial charge in [-0.25, -0.2) is 0 Å². The first kappa shape index (κ1) is 15.7. The van der Waals surface area contributed by atoms with E-state index >= 15 is 0 Å². The lowest BCUT2D eigenvalue weighted by atomic mass is 10.1. The molecule has 2 rings (SSSR count). The number of hydrogen-bond donors (Lipinski definition) is 1. The highest BCUT2D eigenvalue weighted by molar-refractivity contribution is 6.30. The van der Waals surface area contributed by atoms with E-state index in [1.54, 1.807) is 0 Å². The standard InChI is InChI=1S/C18H22ClNO/c1-12-8-9-16(19)10-17(12)20-11-15(4)21-18-13(2)6-5-7-14(18)3/h5-10,15,20H,11H2,1-4H3. The molecule has 0 saturated heterocycles. The Morgan fingerprint density at radius 2 is 1.71 bits per heavy atom. The van der Waals surface area contributed by atoms with E-state index in [1.807, 2.05) is 18.2 Å². The van der Waals surface area contributed by atoms with Crippen LogP contribution < -0.4 is 10.1 Å². The van der Waals surface area contributed by atoms with Crippen molar-refractivity contribution in [3.05, 3.63) is 58.1 Å². The molecule has 21 heavy (non-hydrogen) atoms. The van der Waals surface area contributed by atoms with Gasteiger partial charge in [0.2, 0.25) is 0 Å². The van der Waals surface area contributed by atoms with E-state index in [2.05, 4.69) is 51.2 Å². The van der Waals surface area contributed by atoms with Gasteiger partial charge in [0.15, 0.2) is 0 Å². The number of para-hydroxylation sites is 1. The highest BCUT2D eigenvalue weighted by Crippen LogP contribution is 2.24. The lowest BCUT2D eigenvalue weighted by molar-refractivity contribution is 0.231. The summed E-state index contributed by atoms with van der Waals surface area (Å²) in [5.74, 6) is 0.981. The maximum absolute atomic E-state index is 6.07. The minimum Gasteiger partial charge on any atom is -0.488 e. The predicted molar refractivity (Wildman–Crippen MR) is 90.7 cm³/mol. The van der Waals surface area contributed by atoms with Gasteiger partial charge in [-0.1, -0.05) is 35.9 Å². The van der Waals surface area contributed by atoms with Crippen molar-refractivity contribution < 1.29 is 4.74 Å². The molecule has 0 aliphatic carbocycles. The minimum atomic E-state index is 0.0724. The summed E-state index contributed by atoms with van der Waals surface area (Å²) in [7, 11) is 0. The molecule has 1 atom stereocenters. The Bertz CT molecular complexity index is 604. The van der Waals surface area contributed by atoms with Crippen molar-refractivity contribution in [1.82, 2.24) is 0 Å². The van der Waals surface area contributed by atoms with Crippen LogP contribution in [-0.2, 0) is 0 Å². The van der Waals surface area contributed by atoms with E-state index in [4.69, 9.17) is 16.3 Å². The van der Waals surface area contributed by atoms with Crippen LogP contribution in [0.25, 0.3) is 0 Å². The number of ether oxygens (including phenoxy) is 1. The molecular weight excluding hydrogens is 282 g/mol. The lowest BCUT2D eigenvalue weighted by Crippen LogP contribution is -2.23. The van der Waals surface area contributed by atoms with E-state index < -0.39 is 0 Å². The fraction of sp³-hybridized carbons (Fsp3) is 0.333. The monoisotopic (exact) mass is 303 g/mol. The van der Waals surface area contributed by atoms with Crippen molar-refractivity contribution >= 4 is 17.3 Å². The smallest absolute Gasteiger partial charge is 0.125 e. The molecule has 0 aromatic heterocycles. The molecule has 0 aliphatic rings. The van der Waals surface area contributed by atoms with Crippen LogP contribution in [0.4, 0.5) is 5.69 Å². The van der Waals surface area contributed by atoms with Crippen LogP contribution in [0.2, 0.25) is 5.02 Å². The third-order valence-corrected chi connectivity index (χ3v) is 3.74. The van der Waals surface area contributed by atoms with Crippen molar-refractivity contribution in [1.29, 1.82) is 0 Å². The first-order valence-electron chi connectivity index (χ1n) is 7.20. The van der Waals surface area contributed by atoms with Gasteiger partial charge in [0.1, 0.15) is 11.9 Å². The highest BCUT2D eigenvalue weighted by Gasteiger charge is 2.09. The quantitative estimate of drug-likeness (QED) is 0.825. The van der Waals surface area contributed by atoms with Gasteiger partial charge in [-0.2, -0.15) is 0 Å². The molecule has 1 N–H and O–H groups in total. The summed E-state index contributed by atoms with van der Waals surface area (Å²) in [6.45, 7) is 9.01. The van der Waals surface area contributed by atoms with Crippen molar-refractivity contribution in [2.45, 2.75) is 33.8 Å². The molecule has 0 heterocycles. The Labute approximate surface area is 132 Å². The van der Waals surface area contributed by atoms with Crippen LogP contribution in [0.15, 0.2) is 36.4 Å². The summed E-state index contributed by atoms with van der Waals surface area (Å²) in [6, 6.07) is 12.1. The summed E-state index contributed by atoms with van der Waals surface area (Å²) in [6.07, 6.45) is 0.0724. The van der Waals surface area contributed by atoms with Crippen LogP contribution in [0, 0.1) is 20.8 Å². The third-order valence-electron chi connectivity index (χ3n) is 3.51. The number of anilines is 1. The maximum Gasteiger partial charge on any atom is 0.125 e. The van der Waals surface area contributed by atoms with Crippen molar-refractivity contribution in [3.8, 4) is 5.75 Å². The Balaban J connectivity index is 1.99. The van der Waals surface area contributed by atoms with E-state index in [-0.39, 0.29) is 6.10 Å². The molecule has 0 amide bonds. The Morgan fingerprint density at radius 3 is 2.38 bits per heavy atom. The normalized spacial score (nSPS) is 12.0. The number of aryl methyl sites for hydroxylation is 3. The van der Waals surface area contributed by atoms with E-state index in [9.17, 15) is 0 Å². The topological polar surface area (TPSA) is 21.3 Å². The number of rotatable bonds is 5.